The third-order valence-electron chi connectivity index (χ3n) is 1.87. The predicted octanol–water partition coefficient (Wildman–Crippen LogP) is -2.91. The van der Waals surface area contributed by atoms with Crippen LogP contribution in [0.5, 0.6) is 0 Å². The SMILES string of the molecule is CCOC(=O)/C([O-])=C1\CC(C)=CC1=O.[K+]. The van der Waals surface area contributed by atoms with Gasteiger partial charge in [-0.3, -0.25) is 4.79 Å². The van der Waals surface area contributed by atoms with Crippen LogP contribution in [0.4, 0.5) is 0 Å². The van der Waals surface area contributed by atoms with Crippen molar-refractivity contribution in [2.75, 3.05) is 6.61 Å². The Bertz CT molecular complexity index is 341. The molecule has 1 rings (SSSR count). The van der Waals surface area contributed by atoms with Crippen molar-refractivity contribution in [1.29, 1.82) is 0 Å². The van der Waals surface area contributed by atoms with Gasteiger partial charge in [0, 0.05) is 5.57 Å². The van der Waals surface area contributed by atoms with Gasteiger partial charge < -0.3 is 9.84 Å². The van der Waals surface area contributed by atoms with Crippen LogP contribution >= 0.6 is 0 Å². The number of rotatable bonds is 2. The molecule has 0 saturated heterocycles. The molecule has 1 aliphatic rings. The van der Waals surface area contributed by atoms with Crippen LogP contribution in [0.15, 0.2) is 23.0 Å². The largest absolute Gasteiger partial charge is 1.00 e. The van der Waals surface area contributed by atoms with Crippen molar-refractivity contribution in [1.82, 2.24) is 0 Å². The number of carbonyl (C=O) groups is 2. The summed E-state index contributed by atoms with van der Waals surface area (Å²) in [6.07, 6.45) is 1.63. The number of allylic oxidation sites excluding steroid dienone is 3. The Balaban J connectivity index is 0.00000196. The number of hydrogen-bond donors (Lipinski definition) is 0. The minimum Gasteiger partial charge on any atom is -0.867 e. The Labute approximate surface area is 131 Å². The van der Waals surface area contributed by atoms with Crippen LogP contribution in [-0.4, -0.2) is 18.4 Å². The van der Waals surface area contributed by atoms with Crippen molar-refractivity contribution in [3.05, 3.63) is 23.0 Å². The normalized spacial score (nSPS) is 18.0. The van der Waals surface area contributed by atoms with E-state index in [4.69, 9.17) is 0 Å². The molecule has 0 aromatic carbocycles. The number of ether oxygens (including phenoxy) is 1. The van der Waals surface area contributed by atoms with Crippen molar-refractivity contribution < 1.29 is 70.8 Å². The summed E-state index contributed by atoms with van der Waals surface area (Å²) in [4.78, 5) is 22.2. The summed E-state index contributed by atoms with van der Waals surface area (Å²) >= 11 is 0. The first kappa shape index (κ1) is 15.1. The number of carbonyl (C=O) groups excluding carboxylic acids is 2. The van der Waals surface area contributed by atoms with Gasteiger partial charge in [0.25, 0.3) is 0 Å². The van der Waals surface area contributed by atoms with E-state index in [0.29, 0.717) is 0 Å². The standard InChI is InChI=1S/C10H12O4.K/c1-3-14-10(13)9(12)7-4-6(2)5-8(7)11;/h5,12H,3-4H2,1-2H3;/q;+1/p-1/b9-7-;. The summed E-state index contributed by atoms with van der Waals surface area (Å²) in [5.41, 5.74) is 0.809. The predicted molar refractivity (Wildman–Crippen MR) is 47.0 cm³/mol. The van der Waals surface area contributed by atoms with E-state index in [0.717, 1.165) is 5.57 Å². The minimum atomic E-state index is -0.945. The Kier molecular flexibility index (Phi) is 6.62. The van der Waals surface area contributed by atoms with Crippen LogP contribution in [0.2, 0.25) is 0 Å². The van der Waals surface area contributed by atoms with Gasteiger partial charge in [-0.25, -0.2) is 4.79 Å². The van der Waals surface area contributed by atoms with Gasteiger partial charge in [0.1, 0.15) is 0 Å². The zero-order valence-electron chi connectivity index (χ0n) is 9.12. The van der Waals surface area contributed by atoms with Crippen LogP contribution in [0.25, 0.3) is 0 Å². The zero-order valence-corrected chi connectivity index (χ0v) is 12.2. The van der Waals surface area contributed by atoms with E-state index < -0.39 is 11.7 Å². The van der Waals surface area contributed by atoms with Gasteiger partial charge >= 0.3 is 57.4 Å². The van der Waals surface area contributed by atoms with E-state index in [9.17, 15) is 14.7 Å². The van der Waals surface area contributed by atoms with E-state index in [1.165, 1.54) is 6.08 Å². The molecule has 0 bridgehead atoms. The number of ketones is 1. The maximum Gasteiger partial charge on any atom is 1.00 e. The van der Waals surface area contributed by atoms with Crippen molar-refractivity contribution in [2.45, 2.75) is 20.3 Å². The van der Waals surface area contributed by atoms with E-state index in [-0.39, 0.29) is 75.8 Å². The minimum absolute atomic E-state index is 0. The van der Waals surface area contributed by atoms with Gasteiger partial charge in [-0.05, 0) is 32.1 Å². The Morgan fingerprint density at radius 1 is 1.60 bits per heavy atom. The van der Waals surface area contributed by atoms with E-state index in [1.54, 1.807) is 13.8 Å². The maximum absolute atomic E-state index is 11.3. The van der Waals surface area contributed by atoms with Gasteiger partial charge in [0.15, 0.2) is 5.78 Å². The molecule has 0 unspecified atom stereocenters. The first-order chi connectivity index (χ1) is 6.56. The zero-order chi connectivity index (χ0) is 10.7. The monoisotopic (exact) mass is 234 g/mol. The summed E-state index contributed by atoms with van der Waals surface area (Å²) in [6.45, 7) is 3.48. The van der Waals surface area contributed by atoms with Crippen molar-refractivity contribution in [3.8, 4) is 0 Å². The van der Waals surface area contributed by atoms with Crippen molar-refractivity contribution in [3.63, 3.8) is 0 Å². The molecule has 0 aliphatic heterocycles. The molecule has 0 aromatic rings. The van der Waals surface area contributed by atoms with Gasteiger partial charge in [-0.2, -0.15) is 0 Å². The van der Waals surface area contributed by atoms with Crippen LogP contribution in [0.3, 0.4) is 0 Å². The summed E-state index contributed by atoms with van der Waals surface area (Å²) in [5.74, 6) is -2.13. The molecule has 5 heteroatoms. The van der Waals surface area contributed by atoms with E-state index in [2.05, 4.69) is 4.74 Å². The fourth-order valence-corrected chi connectivity index (χ4v) is 1.24. The Morgan fingerprint density at radius 3 is 2.60 bits per heavy atom. The molecular weight excluding hydrogens is 223 g/mol. The van der Waals surface area contributed by atoms with Crippen LogP contribution < -0.4 is 56.5 Å². The molecule has 76 valence electrons. The Morgan fingerprint density at radius 2 is 2.20 bits per heavy atom. The van der Waals surface area contributed by atoms with Crippen LogP contribution in [-0.2, 0) is 14.3 Å². The smallest absolute Gasteiger partial charge is 0.867 e. The molecule has 4 nitrogen and oxygen atoms in total. The fraction of sp³-hybridized carbons (Fsp3) is 0.400. The van der Waals surface area contributed by atoms with Crippen molar-refractivity contribution in [2.24, 2.45) is 0 Å². The van der Waals surface area contributed by atoms with Crippen LogP contribution in [0.1, 0.15) is 20.3 Å². The average Bonchev–Trinajstić information content (AvgIpc) is 2.44. The average molecular weight is 234 g/mol. The van der Waals surface area contributed by atoms with E-state index >= 15 is 0 Å². The number of esters is 1. The van der Waals surface area contributed by atoms with Gasteiger partial charge in [-0.15, -0.1) is 0 Å². The molecule has 0 heterocycles. The molecule has 0 fully saturated rings. The topological polar surface area (TPSA) is 66.4 Å². The summed E-state index contributed by atoms with van der Waals surface area (Å²) in [5, 5.41) is 11.3. The molecular formula is C10H11KO4. The maximum atomic E-state index is 11.3. The second-order valence-electron chi connectivity index (χ2n) is 3.06. The Hall–Kier alpha value is 0.0564. The molecule has 1 aliphatic carbocycles. The summed E-state index contributed by atoms with van der Waals surface area (Å²) in [7, 11) is 0. The van der Waals surface area contributed by atoms with E-state index in [1.807, 2.05) is 0 Å². The molecule has 0 aromatic heterocycles. The summed E-state index contributed by atoms with van der Waals surface area (Å²) < 4.78 is 4.51. The molecule has 15 heavy (non-hydrogen) atoms. The number of hydrogen-bond acceptors (Lipinski definition) is 4. The quantitative estimate of drug-likeness (QED) is 0.222. The van der Waals surface area contributed by atoms with Crippen LogP contribution in [0, 0.1) is 0 Å². The molecule has 0 radical (unpaired) electrons. The molecule has 0 amide bonds. The second-order valence-corrected chi connectivity index (χ2v) is 3.06. The second kappa shape index (κ2) is 6.60. The third kappa shape index (κ3) is 3.84. The van der Waals surface area contributed by atoms with Gasteiger partial charge in [-0.1, -0.05) is 5.57 Å². The third-order valence-corrected chi connectivity index (χ3v) is 1.87. The molecule has 0 N–H and O–H groups in total. The first-order valence-electron chi connectivity index (χ1n) is 4.35. The summed E-state index contributed by atoms with van der Waals surface area (Å²) in [6, 6.07) is 0. The molecule has 0 atom stereocenters. The molecule has 0 spiro atoms. The fourth-order valence-electron chi connectivity index (χ4n) is 1.24. The van der Waals surface area contributed by atoms with Crippen molar-refractivity contribution >= 4 is 11.8 Å². The van der Waals surface area contributed by atoms with Gasteiger partial charge in [0.2, 0.25) is 0 Å². The first-order valence-corrected chi connectivity index (χ1v) is 4.35. The molecule has 0 saturated carbocycles. The van der Waals surface area contributed by atoms with Gasteiger partial charge in [0.05, 0.1) is 6.61 Å².